The summed E-state index contributed by atoms with van der Waals surface area (Å²) in [5.41, 5.74) is 2.33. The number of benzene rings is 1. The molecule has 4 heteroatoms. The standard InChI is InChI=1S/C16H20N2OS/c1-12(17-2)13-7-9-15(10-8-13)20-11-14-5-4-6-16(18-14)19-3/h4-10,12,17H,11H2,1-3H3. The van der Waals surface area contributed by atoms with Crippen molar-refractivity contribution < 1.29 is 4.74 Å². The van der Waals surface area contributed by atoms with Crippen molar-refractivity contribution in [1.29, 1.82) is 0 Å². The molecular formula is C16H20N2OS. The molecule has 0 fully saturated rings. The molecule has 1 N–H and O–H groups in total. The van der Waals surface area contributed by atoms with Crippen LogP contribution in [0.25, 0.3) is 0 Å². The highest BCUT2D eigenvalue weighted by atomic mass is 32.2. The first-order valence-electron chi connectivity index (χ1n) is 6.63. The number of thioether (sulfide) groups is 1. The zero-order valence-corrected chi connectivity index (χ0v) is 12.9. The van der Waals surface area contributed by atoms with E-state index in [4.69, 9.17) is 4.74 Å². The number of ether oxygens (including phenoxy) is 1. The van der Waals surface area contributed by atoms with Crippen LogP contribution in [0.4, 0.5) is 0 Å². The number of hydrogen-bond acceptors (Lipinski definition) is 4. The molecule has 3 nitrogen and oxygen atoms in total. The van der Waals surface area contributed by atoms with Crippen LogP contribution in [0.3, 0.4) is 0 Å². The molecule has 0 bridgehead atoms. The number of methoxy groups -OCH3 is 1. The summed E-state index contributed by atoms with van der Waals surface area (Å²) < 4.78 is 5.13. The van der Waals surface area contributed by atoms with Crippen LogP contribution < -0.4 is 10.1 Å². The van der Waals surface area contributed by atoms with Gasteiger partial charge in [-0.3, -0.25) is 0 Å². The molecule has 2 rings (SSSR count). The number of aromatic nitrogens is 1. The van der Waals surface area contributed by atoms with Crippen LogP contribution >= 0.6 is 11.8 Å². The number of pyridine rings is 1. The fourth-order valence-corrected chi connectivity index (χ4v) is 2.63. The second-order valence-electron chi connectivity index (χ2n) is 4.54. The van der Waals surface area contributed by atoms with E-state index in [1.54, 1.807) is 18.9 Å². The van der Waals surface area contributed by atoms with Crippen LogP contribution in [0.1, 0.15) is 24.2 Å². The fourth-order valence-electron chi connectivity index (χ4n) is 1.83. The van der Waals surface area contributed by atoms with Crippen molar-refractivity contribution in [2.24, 2.45) is 0 Å². The summed E-state index contributed by atoms with van der Waals surface area (Å²) in [4.78, 5) is 5.66. The first-order valence-corrected chi connectivity index (χ1v) is 7.61. The Balaban J connectivity index is 1.96. The Morgan fingerprint density at radius 3 is 2.60 bits per heavy atom. The summed E-state index contributed by atoms with van der Waals surface area (Å²) in [5.74, 6) is 1.51. The lowest BCUT2D eigenvalue weighted by atomic mass is 10.1. The molecule has 0 aliphatic rings. The highest BCUT2D eigenvalue weighted by Crippen LogP contribution is 2.24. The second-order valence-corrected chi connectivity index (χ2v) is 5.59. The number of hydrogen-bond donors (Lipinski definition) is 1. The van der Waals surface area contributed by atoms with E-state index in [2.05, 4.69) is 41.5 Å². The minimum Gasteiger partial charge on any atom is -0.481 e. The summed E-state index contributed by atoms with van der Waals surface area (Å²) >= 11 is 1.78. The van der Waals surface area contributed by atoms with Crippen LogP contribution in [0, 0.1) is 0 Å². The maximum absolute atomic E-state index is 5.13. The Bertz CT molecular complexity index is 542. The molecular weight excluding hydrogens is 268 g/mol. The van der Waals surface area contributed by atoms with Gasteiger partial charge in [-0.2, -0.15) is 0 Å². The third-order valence-corrected chi connectivity index (χ3v) is 4.24. The first-order chi connectivity index (χ1) is 9.72. The van der Waals surface area contributed by atoms with Gasteiger partial charge in [-0.05, 0) is 37.7 Å². The van der Waals surface area contributed by atoms with E-state index in [9.17, 15) is 0 Å². The van der Waals surface area contributed by atoms with Crippen molar-refractivity contribution in [1.82, 2.24) is 10.3 Å². The molecule has 0 aliphatic heterocycles. The summed E-state index contributed by atoms with van der Waals surface area (Å²) in [6.07, 6.45) is 0. The Kier molecular flexibility index (Phi) is 5.44. The Morgan fingerprint density at radius 1 is 1.20 bits per heavy atom. The van der Waals surface area contributed by atoms with E-state index in [0.717, 1.165) is 11.4 Å². The van der Waals surface area contributed by atoms with Crippen molar-refractivity contribution in [3.05, 3.63) is 53.7 Å². The van der Waals surface area contributed by atoms with Gasteiger partial charge in [0.15, 0.2) is 0 Å². The lowest BCUT2D eigenvalue weighted by Crippen LogP contribution is -2.11. The quantitative estimate of drug-likeness (QED) is 0.823. The van der Waals surface area contributed by atoms with Crippen molar-refractivity contribution in [2.45, 2.75) is 23.6 Å². The Morgan fingerprint density at radius 2 is 1.95 bits per heavy atom. The van der Waals surface area contributed by atoms with Crippen LogP contribution in [0.15, 0.2) is 47.4 Å². The number of nitrogens with one attached hydrogen (secondary N) is 1. The normalized spacial score (nSPS) is 12.2. The predicted molar refractivity (Wildman–Crippen MR) is 84.3 cm³/mol. The van der Waals surface area contributed by atoms with Gasteiger partial charge in [0.2, 0.25) is 5.88 Å². The summed E-state index contributed by atoms with van der Waals surface area (Å²) in [6.45, 7) is 2.16. The van der Waals surface area contributed by atoms with E-state index < -0.39 is 0 Å². The van der Waals surface area contributed by atoms with Crippen LogP contribution in [-0.2, 0) is 5.75 Å². The van der Waals surface area contributed by atoms with Crippen LogP contribution in [-0.4, -0.2) is 19.1 Å². The molecule has 1 unspecified atom stereocenters. The minimum atomic E-state index is 0.383. The third-order valence-electron chi connectivity index (χ3n) is 3.19. The molecule has 0 aliphatic carbocycles. The molecule has 0 spiro atoms. The van der Waals surface area contributed by atoms with Crippen LogP contribution in [0.5, 0.6) is 5.88 Å². The Labute approximate surface area is 124 Å². The zero-order chi connectivity index (χ0) is 14.4. The lowest BCUT2D eigenvalue weighted by Gasteiger charge is -2.11. The molecule has 0 amide bonds. The van der Waals surface area contributed by atoms with E-state index in [1.807, 2.05) is 25.2 Å². The van der Waals surface area contributed by atoms with Gasteiger partial charge in [-0.15, -0.1) is 11.8 Å². The maximum atomic E-state index is 5.13. The highest BCUT2D eigenvalue weighted by Gasteiger charge is 2.03. The van der Waals surface area contributed by atoms with Gasteiger partial charge in [0, 0.05) is 22.8 Å². The van der Waals surface area contributed by atoms with Crippen molar-refractivity contribution in [2.75, 3.05) is 14.2 Å². The van der Waals surface area contributed by atoms with E-state index >= 15 is 0 Å². The van der Waals surface area contributed by atoms with Crippen molar-refractivity contribution in [3.63, 3.8) is 0 Å². The molecule has 20 heavy (non-hydrogen) atoms. The minimum absolute atomic E-state index is 0.383. The van der Waals surface area contributed by atoms with E-state index in [-0.39, 0.29) is 0 Å². The number of rotatable bonds is 6. The summed E-state index contributed by atoms with van der Waals surface area (Å²) in [6, 6.07) is 14.9. The van der Waals surface area contributed by atoms with Gasteiger partial charge in [0.25, 0.3) is 0 Å². The molecule has 1 heterocycles. The largest absolute Gasteiger partial charge is 0.481 e. The molecule has 0 radical (unpaired) electrons. The monoisotopic (exact) mass is 288 g/mol. The first kappa shape index (κ1) is 14.9. The Hall–Kier alpha value is -1.52. The average Bonchev–Trinajstić information content (AvgIpc) is 2.53. The average molecular weight is 288 g/mol. The van der Waals surface area contributed by atoms with Gasteiger partial charge in [0.05, 0.1) is 12.8 Å². The SMILES string of the molecule is CNC(C)c1ccc(SCc2cccc(OC)n2)cc1. The molecule has 0 saturated heterocycles. The van der Waals surface area contributed by atoms with Gasteiger partial charge in [0.1, 0.15) is 0 Å². The molecule has 106 valence electrons. The summed E-state index contributed by atoms with van der Waals surface area (Å²) in [5, 5.41) is 3.24. The predicted octanol–water partition coefficient (Wildman–Crippen LogP) is 3.66. The topological polar surface area (TPSA) is 34.1 Å². The highest BCUT2D eigenvalue weighted by molar-refractivity contribution is 7.98. The molecule has 2 aromatic rings. The fraction of sp³-hybridized carbons (Fsp3) is 0.312. The smallest absolute Gasteiger partial charge is 0.213 e. The molecule has 1 aromatic carbocycles. The zero-order valence-electron chi connectivity index (χ0n) is 12.1. The number of nitrogens with zero attached hydrogens (tertiary/aromatic N) is 1. The van der Waals surface area contributed by atoms with Gasteiger partial charge < -0.3 is 10.1 Å². The van der Waals surface area contributed by atoms with Crippen LogP contribution in [0.2, 0.25) is 0 Å². The van der Waals surface area contributed by atoms with Crippen molar-refractivity contribution in [3.8, 4) is 5.88 Å². The molecule has 1 atom stereocenters. The molecule has 1 aromatic heterocycles. The van der Waals surface area contributed by atoms with Crippen molar-refractivity contribution >= 4 is 11.8 Å². The second kappa shape index (κ2) is 7.31. The van der Waals surface area contributed by atoms with E-state index in [1.165, 1.54) is 10.5 Å². The maximum Gasteiger partial charge on any atom is 0.213 e. The lowest BCUT2D eigenvalue weighted by molar-refractivity contribution is 0.397. The molecule has 0 saturated carbocycles. The van der Waals surface area contributed by atoms with Gasteiger partial charge >= 0.3 is 0 Å². The third kappa shape index (κ3) is 3.99. The summed E-state index contributed by atoms with van der Waals surface area (Å²) in [7, 11) is 3.61. The van der Waals surface area contributed by atoms with Gasteiger partial charge in [-0.25, -0.2) is 4.98 Å². The van der Waals surface area contributed by atoms with Gasteiger partial charge in [-0.1, -0.05) is 18.2 Å². The van der Waals surface area contributed by atoms with E-state index in [0.29, 0.717) is 11.9 Å².